The molecule has 0 fully saturated rings. The van der Waals surface area contributed by atoms with Crippen LogP contribution in [0, 0.1) is 11.3 Å². The first kappa shape index (κ1) is 8.75. The van der Waals surface area contributed by atoms with Crippen LogP contribution in [0.25, 0.3) is 0 Å². The molecule has 1 aromatic heterocycles. The molecule has 0 aliphatic rings. The Hall–Kier alpha value is -1.34. The molecule has 1 heterocycles. The first-order chi connectivity index (χ1) is 5.74. The summed E-state index contributed by atoms with van der Waals surface area (Å²) >= 11 is 0. The van der Waals surface area contributed by atoms with Crippen LogP contribution in [0.2, 0.25) is 0 Å². The lowest BCUT2D eigenvalue weighted by molar-refractivity contribution is 0.603. The van der Waals surface area contributed by atoms with Gasteiger partial charge in [-0.15, -0.1) is 0 Å². The Morgan fingerprint density at radius 1 is 1.83 bits per heavy atom. The van der Waals surface area contributed by atoms with Crippen LogP contribution in [-0.2, 0) is 13.6 Å². The fourth-order valence-corrected chi connectivity index (χ4v) is 0.857. The standard InChI is InChI=1S/C8H12N4/c1-7(5-9)11-6-8-10-3-4-12(8)2/h3-4,7,11H,6H2,1-2H3. The van der Waals surface area contributed by atoms with E-state index in [1.165, 1.54) is 0 Å². The molecule has 0 radical (unpaired) electrons. The highest BCUT2D eigenvalue weighted by Gasteiger charge is 2.01. The van der Waals surface area contributed by atoms with Gasteiger partial charge in [0.05, 0.1) is 18.7 Å². The van der Waals surface area contributed by atoms with E-state index in [9.17, 15) is 0 Å². The predicted octanol–water partition coefficient (Wildman–Crippen LogP) is 0.422. The van der Waals surface area contributed by atoms with Gasteiger partial charge in [-0.3, -0.25) is 5.32 Å². The molecule has 0 saturated heterocycles. The van der Waals surface area contributed by atoms with Gasteiger partial charge in [-0.25, -0.2) is 4.98 Å². The minimum absolute atomic E-state index is 0.123. The number of nitrogens with one attached hydrogen (secondary N) is 1. The van der Waals surface area contributed by atoms with E-state index < -0.39 is 0 Å². The van der Waals surface area contributed by atoms with Crippen LogP contribution < -0.4 is 5.32 Å². The average molecular weight is 164 g/mol. The smallest absolute Gasteiger partial charge is 0.122 e. The van der Waals surface area contributed by atoms with E-state index in [-0.39, 0.29) is 6.04 Å². The molecule has 1 aromatic rings. The molecule has 0 amide bonds. The van der Waals surface area contributed by atoms with Crippen molar-refractivity contribution in [1.82, 2.24) is 14.9 Å². The van der Waals surface area contributed by atoms with Crippen LogP contribution in [0.4, 0.5) is 0 Å². The second-order valence-electron chi connectivity index (χ2n) is 2.69. The van der Waals surface area contributed by atoms with E-state index in [2.05, 4.69) is 16.4 Å². The lowest BCUT2D eigenvalue weighted by Crippen LogP contribution is -2.25. The number of imidazole rings is 1. The van der Waals surface area contributed by atoms with Gasteiger partial charge in [0.15, 0.2) is 0 Å². The zero-order valence-electron chi connectivity index (χ0n) is 7.28. The largest absolute Gasteiger partial charge is 0.337 e. The highest BCUT2D eigenvalue weighted by atomic mass is 15.1. The SMILES string of the molecule is CC(C#N)NCc1nccn1C. The van der Waals surface area contributed by atoms with E-state index in [1.807, 2.05) is 24.7 Å². The molecule has 0 spiro atoms. The van der Waals surface area contributed by atoms with Crippen molar-refractivity contribution in [3.8, 4) is 6.07 Å². The maximum Gasteiger partial charge on any atom is 0.122 e. The molecule has 1 rings (SSSR count). The van der Waals surface area contributed by atoms with Gasteiger partial charge >= 0.3 is 0 Å². The molecule has 1 atom stereocenters. The Morgan fingerprint density at radius 3 is 3.08 bits per heavy atom. The fraction of sp³-hybridized carbons (Fsp3) is 0.500. The summed E-state index contributed by atoms with van der Waals surface area (Å²) in [5.74, 6) is 0.942. The van der Waals surface area contributed by atoms with Gasteiger partial charge in [0.25, 0.3) is 0 Å². The Morgan fingerprint density at radius 2 is 2.58 bits per heavy atom. The molecule has 1 N–H and O–H groups in total. The minimum Gasteiger partial charge on any atom is -0.337 e. The molecule has 0 aliphatic carbocycles. The molecule has 0 aromatic carbocycles. The summed E-state index contributed by atoms with van der Waals surface area (Å²) in [6.45, 7) is 2.46. The second-order valence-corrected chi connectivity index (χ2v) is 2.69. The summed E-state index contributed by atoms with van der Waals surface area (Å²) < 4.78 is 1.93. The zero-order chi connectivity index (χ0) is 8.97. The summed E-state index contributed by atoms with van der Waals surface area (Å²) in [7, 11) is 1.93. The summed E-state index contributed by atoms with van der Waals surface area (Å²) in [6, 6.07) is 1.98. The van der Waals surface area contributed by atoms with Crippen LogP contribution in [-0.4, -0.2) is 15.6 Å². The maximum atomic E-state index is 8.49. The van der Waals surface area contributed by atoms with Crippen LogP contribution in [0.3, 0.4) is 0 Å². The normalized spacial score (nSPS) is 12.4. The van der Waals surface area contributed by atoms with Crippen molar-refractivity contribution in [2.75, 3.05) is 0 Å². The second kappa shape index (κ2) is 3.88. The monoisotopic (exact) mass is 164 g/mol. The van der Waals surface area contributed by atoms with Crippen molar-refractivity contribution in [2.45, 2.75) is 19.5 Å². The zero-order valence-corrected chi connectivity index (χ0v) is 7.28. The minimum atomic E-state index is -0.123. The van der Waals surface area contributed by atoms with Gasteiger partial charge < -0.3 is 4.57 Å². The van der Waals surface area contributed by atoms with Crippen LogP contribution in [0.15, 0.2) is 12.4 Å². The number of nitriles is 1. The van der Waals surface area contributed by atoms with Gasteiger partial charge in [-0.05, 0) is 6.92 Å². The number of hydrogen-bond donors (Lipinski definition) is 1. The molecule has 1 unspecified atom stereocenters. The molecule has 0 bridgehead atoms. The molecular formula is C8H12N4. The highest BCUT2D eigenvalue weighted by molar-refractivity contribution is 4.93. The van der Waals surface area contributed by atoms with Gasteiger partial charge in [0.1, 0.15) is 5.82 Å². The molecular weight excluding hydrogens is 152 g/mol. The lowest BCUT2D eigenvalue weighted by atomic mass is 10.4. The van der Waals surface area contributed by atoms with Gasteiger partial charge in [0.2, 0.25) is 0 Å². The maximum absolute atomic E-state index is 8.49. The number of hydrogen-bond acceptors (Lipinski definition) is 3. The number of aryl methyl sites for hydroxylation is 1. The Balaban J connectivity index is 2.44. The van der Waals surface area contributed by atoms with Crippen LogP contribution in [0.5, 0.6) is 0 Å². The fourth-order valence-electron chi connectivity index (χ4n) is 0.857. The summed E-state index contributed by atoms with van der Waals surface area (Å²) in [6.07, 6.45) is 3.63. The third kappa shape index (κ3) is 2.07. The third-order valence-corrected chi connectivity index (χ3v) is 1.68. The van der Waals surface area contributed by atoms with E-state index in [1.54, 1.807) is 6.20 Å². The Bertz CT molecular complexity index is 283. The third-order valence-electron chi connectivity index (χ3n) is 1.68. The van der Waals surface area contributed by atoms with E-state index in [4.69, 9.17) is 5.26 Å². The molecule has 4 heteroatoms. The average Bonchev–Trinajstić information content (AvgIpc) is 2.47. The summed E-state index contributed by atoms with van der Waals surface area (Å²) in [5, 5.41) is 11.5. The van der Waals surface area contributed by atoms with Crippen molar-refractivity contribution in [2.24, 2.45) is 7.05 Å². The number of aromatic nitrogens is 2. The molecule has 0 saturated carbocycles. The van der Waals surface area contributed by atoms with Crippen molar-refractivity contribution in [1.29, 1.82) is 5.26 Å². The van der Waals surface area contributed by atoms with E-state index in [0.717, 1.165) is 5.82 Å². The first-order valence-electron chi connectivity index (χ1n) is 3.83. The highest BCUT2D eigenvalue weighted by Crippen LogP contribution is 1.93. The van der Waals surface area contributed by atoms with Gasteiger partial charge in [-0.2, -0.15) is 5.26 Å². The van der Waals surface area contributed by atoms with E-state index in [0.29, 0.717) is 6.54 Å². The molecule has 4 nitrogen and oxygen atoms in total. The van der Waals surface area contributed by atoms with Crippen molar-refractivity contribution in [3.63, 3.8) is 0 Å². The van der Waals surface area contributed by atoms with Crippen LogP contribution in [0.1, 0.15) is 12.7 Å². The van der Waals surface area contributed by atoms with E-state index >= 15 is 0 Å². The van der Waals surface area contributed by atoms with Crippen LogP contribution >= 0.6 is 0 Å². The van der Waals surface area contributed by atoms with Gasteiger partial charge in [-0.1, -0.05) is 0 Å². The lowest BCUT2D eigenvalue weighted by Gasteiger charge is -2.05. The summed E-state index contributed by atoms with van der Waals surface area (Å²) in [5.41, 5.74) is 0. The number of rotatable bonds is 3. The molecule has 12 heavy (non-hydrogen) atoms. The molecule has 64 valence electrons. The Kier molecular flexibility index (Phi) is 2.83. The van der Waals surface area contributed by atoms with Gasteiger partial charge in [0, 0.05) is 19.4 Å². The topological polar surface area (TPSA) is 53.6 Å². The van der Waals surface area contributed by atoms with Crippen molar-refractivity contribution >= 4 is 0 Å². The first-order valence-corrected chi connectivity index (χ1v) is 3.83. The Labute approximate surface area is 71.8 Å². The molecule has 0 aliphatic heterocycles. The summed E-state index contributed by atoms with van der Waals surface area (Å²) in [4.78, 5) is 4.11. The van der Waals surface area contributed by atoms with Crippen molar-refractivity contribution < 1.29 is 0 Å². The quantitative estimate of drug-likeness (QED) is 0.704. The number of nitrogens with zero attached hydrogens (tertiary/aromatic N) is 3. The predicted molar refractivity (Wildman–Crippen MR) is 45.1 cm³/mol. The van der Waals surface area contributed by atoms with Crippen molar-refractivity contribution in [3.05, 3.63) is 18.2 Å².